The molecule has 0 spiro atoms. The summed E-state index contributed by atoms with van der Waals surface area (Å²) in [6.07, 6.45) is 3.75. The van der Waals surface area contributed by atoms with Crippen molar-refractivity contribution in [1.82, 2.24) is 9.88 Å². The summed E-state index contributed by atoms with van der Waals surface area (Å²) in [6, 6.07) is 10.1. The average Bonchev–Trinajstić information content (AvgIpc) is 3.36. The fourth-order valence-electron chi connectivity index (χ4n) is 3.25. The monoisotopic (exact) mass is 356 g/mol. The van der Waals surface area contributed by atoms with Gasteiger partial charge in [0.1, 0.15) is 5.82 Å². The molecule has 1 fully saturated rings. The predicted molar refractivity (Wildman–Crippen MR) is 93.6 cm³/mol. The summed E-state index contributed by atoms with van der Waals surface area (Å²) in [6.45, 7) is 0.732. The van der Waals surface area contributed by atoms with Crippen LogP contribution in [0.1, 0.15) is 30.1 Å². The van der Waals surface area contributed by atoms with Gasteiger partial charge in [-0.15, -0.1) is 11.3 Å². The van der Waals surface area contributed by atoms with Crippen molar-refractivity contribution in [2.24, 2.45) is 0 Å². The van der Waals surface area contributed by atoms with Crippen molar-refractivity contribution in [3.63, 3.8) is 0 Å². The predicted octanol–water partition coefficient (Wildman–Crippen LogP) is 4.45. The maximum Gasteiger partial charge on any atom is 0.229 e. The van der Waals surface area contributed by atoms with Crippen LogP contribution in [0.5, 0.6) is 0 Å². The topological polar surface area (TPSA) is 46.3 Å². The number of rotatable bonds is 4. The van der Waals surface area contributed by atoms with Crippen LogP contribution in [0.2, 0.25) is 0 Å². The van der Waals surface area contributed by atoms with Gasteiger partial charge in [-0.2, -0.15) is 0 Å². The average molecular weight is 356 g/mol. The highest BCUT2D eigenvalue weighted by atomic mass is 32.1. The molecule has 0 bridgehead atoms. The standard InChI is InChI=1S/C19H17FN2O2S/c20-14-7-5-13(6-8-14)16-3-1-9-22(16)18(23)11-15-12-25-19(21-15)17-4-2-10-24-17/h2,4-8,10,12,16H,1,3,9,11H2. The van der Waals surface area contributed by atoms with Crippen LogP contribution in [-0.4, -0.2) is 22.3 Å². The third kappa shape index (κ3) is 3.35. The highest BCUT2D eigenvalue weighted by molar-refractivity contribution is 7.13. The number of thiazole rings is 1. The molecule has 4 rings (SSSR count). The minimum atomic E-state index is -0.257. The Labute approximate surface area is 148 Å². The molecule has 3 aromatic rings. The molecule has 1 aliphatic heterocycles. The zero-order valence-corrected chi connectivity index (χ0v) is 14.3. The molecule has 25 heavy (non-hydrogen) atoms. The summed E-state index contributed by atoms with van der Waals surface area (Å²) in [5.41, 5.74) is 1.74. The van der Waals surface area contributed by atoms with Gasteiger partial charge >= 0.3 is 0 Å². The number of amides is 1. The molecule has 0 N–H and O–H groups in total. The number of likely N-dealkylation sites (tertiary alicyclic amines) is 1. The van der Waals surface area contributed by atoms with E-state index in [9.17, 15) is 9.18 Å². The Hall–Kier alpha value is -2.47. The van der Waals surface area contributed by atoms with Gasteiger partial charge in [0.15, 0.2) is 10.8 Å². The number of nitrogens with zero attached hydrogens (tertiary/aromatic N) is 2. The molecule has 1 unspecified atom stereocenters. The van der Waals surface area contributed by atoms with Crippen molar-refractivity contribution >= 4 is 17.2 Å². The highest BCUT2D eigenvalue weighted by Gasteiger charge is 2.30. The molecule has 1 amide bonds. The molecule has 0 aliphatic carbocycles. The van der Waals surface area contributed by atoms with Crippen molar-refractivity contribution in [1.29, 1.82) is 0 Å². The van der Waals surface area contributed by atoms with Gasteiger partial charge in [0, 0.05) is 11.9 Å². The number of hydrogen-bond donors (Lipinski definition) is 0. The molecule has 128 valence electrons. The summed E-state index contributed by atoms with van der Waals surface area (Å²) < 4.78 is 18.5. The minimum Gasteiger partial charge on any atom is -0.462 e. The van der Waals surface area contributed by atoms with E-state index in [2.05, 4.69) is 4.98 Å². The van der Waals surface area contributed by atoms with E-state index in [-0.39, 0.29) is 24.2 Å². The van der Waals surface area contributed by atoms with Gasteiger partial charge in [-0.1, -0.05) is 12.1 Å². The van der Waals surface area contributed by atoms with Crippen LogP contribution < -0.4 is 0 Å². The van der Waals surface area contributed by atoms with Gasteiger partial charge in [-0.3, -0.25) is 4.79 Å². The smallest absolute Gasteiger partial charge is 0.229 e. The van der Waals surface area contributed by atoms with E-state index < -0.39 is 0 Å². The SMILES string of the molecule is O=C(Cc1csc(-c2ccco2)n1)N1CCCC1c1ccc(F)cc1. The maximum absolute atomic E-state index is 13.1. The second kappa shape index (κ2) is 6.80. The Balaban J connectivity index is 1.47. The van der Waals surface area contributed by atoms with Crippen molar-refractivity contribution < 1.29 is 13.6 Å². The fourth-order valence-corrected chi connectivity index (χ4v) is 4.04. The van der Waals surface area contributed by atoms with Crippen LogP contribution >= 0.6 is 11.3 Å². The lowest BCUT2D eigenvalue weighted by Crippen LogP contribution is -2.31. The molecule has 6 heteroatoms. The Bertz CT molecular complexity index is 858. The van der Waals surface area contributed by atoms with Crippen LogP contribution in [0.3, 0.4) is 0 Å². The van der Waals surface area contributed by atoms with Crippen LogP contribution in [-0.2, 0) is 11.2 Å². The molecule has 1 aliphatic rings. The largest absolute Gasteiger partial charge is 0.462 e. The Kier molecular flexibility index (Phi) is 4.36. The first-order valence-corrected chi connectivity index (χ1v) is 9.12. The lowest BCUT2D eigenvalue weighted by molar-refractivity contribution is -0.131. The molecular weight excluding hydrogens is 339 g/mol. The lowest BCUT2D eigenvalue weighted by Gasteiger charge is -2.25. The zero-order valence-electron chi connectivity index (χ0n) is 13.5. The molecule has 0 radical (unpaired) electrons. The molecule has 1 saturated heterocycles. The van der Waals surface area contributed by atoms with Crippen LogP contribution in [0, 0.1) is 5.82 Å². The van der Waals surface area contributed by atoms with Gasteiger partial charge in [-0.05, 0) is 42.7 Å². The molecular formula is C19H17FN2O2S. The first kappa shape index (κ1) is 16.0. The summed E-state index contributed by atoms with van der Waals surface area (Å²) >= 11 is 1.47. The number of furan rings is 1. The number of aromatic nitrogens is 1. The quantitative estimate of drug-likeness (QED) is 0.694. The molecule has 1 atom stereocenters. The normalized spacial score (nSPS) is 17.2. The van der Waals surface area contributed by atoms with Gasteiger partial charge in [0.05, 0.1) is 24.4 Å². The van der Waals surface area contributed by atoms with Crippen molar-refractivity contribution in [2.45, 2.75) is 25.3 Å². The number of carbonyl (C=O) groups excluding carboxylic acids is 1. The maximum atomic E-state index is 13.1. The first-order valence-electron chi connectivity index (χ1n) is 8.24. The third-order valence-corrected chi connectivity index (χ3v) is 5.35. The summed E-state index contributed by atoms with van der Waals surface area (Å²) in [7, 11) is 0. The van der Waals surface area contributed by atoms with E-state index in [0.29, 0.717) is 5.76 Å². The van der Waals surface area contributed by atoms with Gasteiger partial charge in [0.2, 0.25) is 5.91 Å². The number of benzene rings is 1. The van der Waals surface area contributed by atoms with Crippen molar-refractivity contribution in [3.05, 3.63) is 65.1 Å². The van der Waals surface area contributed by atoms with E-state index in [0.717, 1.165) is 35.7 Å². The number of hydrogen-bond acceptors (Lipinski definition) is 4. The van der Waals surface area contributed by atoms with E-state index in [4.69, 9.17) is 4.42 Å². The van der Waals surface area contributed by atoms with Crippen molar-refractivity contribution in [3.8, 4) is 10.8 Å². The molecule has 0 saturated carbocycles. The van der Waals surface area contributed by atoms with Crippen LogP contribution in [0.25, 0.3) is 10.8 Å². The van der Waals surface area contributed by atoms with Gasteiger partial charge < -0.3 is 9.32 Å². The van der Waals surface area contributed by atoms with Crippen LogP contribution in [0.15, 0.2) is 52.5 Å². The highest BCUT2D eigenvalue weighted by Crippen LogP contribution is 2.33. The third-order valence-electron chi connectivity index (χ3n) is 4.44. The van der Waals surface area contributed by atoms with E-state index in [1.807, 2.05) is 22.4 Å². The Morgan fingerprint density at radius 3 is 2.92 bits per heavy atom. The van der Waals surface area contributed by atoms with E-state index in [1.54, 1.807) is 18.4 Å². The van der Waals surface area contributed by atoms with Gasteiger partial charge in [0.25, 0.3) is 0 Å². The zero-order chi connectivity index (χ0) is 17.2. The van der Waals surface area contributed by atoms with Crippen molar-refractivity contribution in [2.75, 3.05) is 6.54 Å². The Morgan fingerprint density at radius 1 is 1.32 bits per heavy atom. The molecule has 3 heterocycles. The summed E-state index contributed by atoms with van der Waals surface area (Å²) in [5, 5.41) is 2.68. The minimum absolute atomic E-state index is 0.0243. The summed E-state index contributed by atoms with van der Waals surface area (Å²) in [4.78, 5) is 19.1. The number of carbonyl (C=O) groups is 1. The molecule has 4 nitrogen and oxygen atoms in total. The fraction of sp³-hybridized carbons (Fsp3) is 0.263. The molecule has 2 aromatic heterocycles. The second-order valence-electron chi connectivity index (χ2n) is 6.09. The van der Waals surface area contributed by atoms with Gasteiger partial charge in [-0.25, -0.2) is 9.37 Å². The molecule has 1 aromatic carbocycles. The number of halogens is 1. The van der Waals surface area contributed by atoms with E-state index >= 15 is 0 Å². The second-order valence-corrected chi connectivity index (χ2v) is 6.95. The Morgan fingerprint density at radius 2 is 2.16 bits per heavy atom. The van der Waals surface area contributed by atoms with E-state index in [1.165, 1.54) is 23.5 Å². The van der Waals surface area contributed by atoms with Crippen LogP contribution in [0.4, 0.5) is 4.39 Å². The lowest BCUT2D eigenvalue weighted by atomic mass is 10.0. The first-order chi connectivity index (χ1) is 12.2. The summed E-state index contributed by atoms with van der Waals surface area (Å²) in [5.74, 6) is 0.518.